The maximum Gasteiger partial charge on any atom is 0.336 e. The monoisotopic (exact) mass is 646 g/mol. The highest BCUT2D eigenvalue weighted by molar-refractivity contribution is 7.14. The van der Waals surface area contributed by atoms with Gasteiger partial charge in [-0.3, -0.25) is 19.2 Å². The number of aromatic carboxylic acids is 1. The normalized spacial score (nSPS) is 19.1. The van der Waals surface area contributed by atoms with E-state index in [0.29, 0.717) is 4.34 Å². The molecule has 4 fully saturated rings. The van der Waals surface area contributed by atoms with Crippen LogP contribution >= 0.6 is 22.9 Å². The summed E-state index contributed by atoms with van der Waals surface area (Å²) in [7, 11) is 0. The van der Waals surface area contributed by atoms with Gasteiger partial charge < -0.3 is 25.5 Å². The fraction of sp³-hybridized carbons (Fsp3) is 0.710. The van der Waals surface area contributed by atoms with Gasteiger partial charge in [0, 0.05) is 5.38 Å². The van der Waals surface area contributed by atoms with Crippen molar-refractivity contribution >= 4 is 52.8 Å². The molecule has 43 heavy (non-hydrogen) atoms. The minimum atomic E-state index is -0.932. The molecule has 1 heterocycles. The van der Waals surface area contributed by atoms with Gasteiger partial charge in [0.05, 0.1) is 33.6 Å². The molecule has 1 aromatic heterocycles. The molecule has 12 heteroatoms. The Morgan fingerprint density at radius 3 is 0.977 bits per heavy atom. The zero-order chi connectivity index (χ0) is 32.2. The summed E-state index contributed by atoms with van der Waals surface area (Å²) in [6, 6.07) is 1.43. The molecular weight excluding hydrogens is 600 g/mol. The molecule has 244 valence electrons. The molecule has 5 rings (SSSR count). The summed E-state index contributed by atoms with van der Waals surface area (Å²) in [6.45, 7) is 0. The van der Waals surface area contributed by atoms with Crippen molar-refractivity contribution in [2.45, 2.75) is 116 Å². The Bertz CT molecular complexity index is 986. The van der Waals surface area contributed by atoms with Gasteiger partial charge in [0.15, 0.2) is 0 Å². The Kier molecular flexibility index (Phi) is 19.6. The van der Waals surface area contributed by atoms with Crippen molar-refractivity contribution in [3.63, 3.8) is 0 Å². The van der Waals surface area contributed by atoms with E-state index in [4.69, 9.17) is 37.1 Å². The summed E-state index contributed by atoms with van der Waals surface area (Å²) in [5.74, 6) is -3.44. The fourth-order valence-corrected chi connectivity index (χ4v) is 5.98. The summed E-state index contributed by atoms with van der Waals surface area (Å²) in [6.07, 6.45) is 18.6. The molecule has 0 amide bonds. The lowest BCUT2D eigenvalue weighted by Gasteiger charge is -2.19. The van der Waals surface area contributed by atoms with Gasteiger partial charge in [-0.25, -0.2) is 4.79 Å². The maximum atomic E-state index is 10.5. The third kappa shape index (κ3) is 17.3. The second kappa shape index (κ2) is 21.9. The van der Waals surface area contributed by atoms with E-state index in [2.05, 4.69) is 0 Å². The summed E-state index contributed by atoms with van der Waals surface area (Å²) in [5, 5.41) is 43.7. The SMILES string of the molecule is O=C(O)C1CCC1.O=C(O)C1CCCC1.O=C(O)C1CCCCC1.O=C(O)C1CCCCCC1.O=C(O)c1csc(Cl)c1. The zero-order valence-electron chi connectivity index (χ0n) is 24.8. The van der Waals surface area contributed by atoms with E-state index in [-0.39, 0.29) is 29.2 Å². The van der Waals surface area contributed by atoms with E-state index in [1.165, 1.54) is 42.0 Å². The first-order valence-electron chi connectivity index (χ1n) is 15.3. The first kappa shape index (κ1) is 38.4. The topological polar surface area (TPSA) is 186 Å². The first-order chi connectivity index (χ1) is 20.4. The largest absolute Gasteiger partial charge is 0.481 e. The molecule has 10 nitrogen and oxygen atoms in total. The van der Waals surface area contributed by atoms with Crippen molar-refractivity contribution in [2.75, 3.05) is 0 Å². The molecule has 0 aromatic carbocycles. The van der Waals surface area contributed by atoms with E-state index in [9.17, 15) is 24.0 Å². The lowest BCUT2D eigenvalue weighted by molar-refractivity contribution is -0.145. The molecule has 0 atom stereocenters. The maximum absolute atomic E-state index is 10.5. The molecule has 0 unspecified atom stereocenters. The molecule has 4 aliphatic carbocycles. The van der Waals surface area contributed by atoms with Gasteiger partial charge in [0.1, 0.15) is 0 Å². The molecular formula is C31H47ClO10S. The minimum Gasteiger partial charge on any atom is -0.481 e. The number of aliphatic carboxylic acids is 4. The predicted molar refractivity (Wildman–Crippen MR) is 164 cm³/mol. The summed E-state index contributed by atoms with van der Waals surface area (Å²) < 4.78 is 0.507. The summed E-state index contributed by atoms with van der Waals surface area (Å²) in [5.41, 5.74) is 0.255. The second-order valence-corrected chi connectivity index (χ2v) is 13.0. The van der Waals surface area contributed by atoms with Gasteiger partial charge in [-0.15, -0.1) is 11.3 Å². The van der Waals surface area contributed by atoms with Crippen LogP contribution in [0.4, 0.5) is 0 Å². The van der Waals surface area contributed by atoms with Crippen molar-refractivity contribution in [1.29, 1.82) is 0 Å². The van der Waals surface area contributed by atoms with E-state index < -0.39 is 29.8 Å². The van der Waals surface area contributed by atoms with Crippen molar-refractivity contribution in [1.82, 2.24) is 0 Å². The number of rotatable bonds is 5. The van der Waals surface area contributed by atoms with Crippen LogP contribution in [0.1, 0.15) is 126 Å². The van der Waals surface area contributed by atoms with Crippen molar-refractivity contribution in [2.24, 2.45) is 23.7 Å². The molecule has 0 spiro atoms. The van der Waals surface area contributed by atoms with Crippen molar-refractivity contribution in [3.05, 3.63) is 21.3 Å². The zero-order valence-corrected chi connectivity index (χ0v) is 26.3. The van der Waals surface area contributed by atoms with E-state index >= 15 is 0 Å². The number of halogens is 1. The van der Waals surface area contributed by atoms with E-state index in [0.717, 1.165) is 96.3 Å². The lowest BCUT2D eigenvalue weighted by atomic mass is 9.86. The van der Waals surface area contributed by atoms with Crippen LogP contribution < -0.4 is 0 Å². The molecule has 4 aliphatic rings. The van der Waals surface area contributed by atoms with Gasteiger partial charge in [0.25, 0.3) is 0 Å². The highest BCUT2D eigenvalue weighted by atomic mass is 35.5. The predicted octanol–water partition coefficient (Wildman–Crippen LogP) is 7.92. The average Bonchev–Trinajstić information content (AvgIpc) is 3.55. The highest BCUT2D eigenvalue weighted by Gasteiger charge is 2.24. The van der Waals surface area contributed by atoms with Crippen molar-refractivity contribution in [3.8, 4) is 0 Å². The van der Waals surface area contributed by atoms with Crippen LogP contribution in [-0.4, -0.2) is 55.4 Å². The van der Waals surface area contributed by atoms with Crippen molar-refractivity contribution < 1.29 is 49.5 Å². The third-order valence-electron chi connectivity index (χ3n) is 8.13. The molecule has 0 bridgehead atoms. The standard InChI is InChI=1S/C8H14O2.C7H12O2.C6H10O2.C5H3ClO2S.C5H8O2/c9-8(10)7-5-3-1-2-4-6-7;8-7(9)6-4-2-1-3-5-6;7-6(8)5-3-1-2-4-5;6-4-1-3(2-9-4)5(7)8;6-5(7)4-2-1-3-4/h7H,1-6H2,(H,9,10);6H,1-5H2,(H,8,9);5H,1-4H2,(H,7,8);1-2H,(H,7,8);4H,1-3H2,(H,6,7). The average molecular weight is 647 g/mol. The van der Waals surface area contributed by atoms with E-state index in [1.807, 2.05) is 0 Å². The second-order valence-electron chi connectivity index (χ2n) is 11.4. The Morgan fingerprint density at radius 2 is 0.791 bits per heavy atom. The van der Waals surface area contributed by atoms with Crippen LogP contribution in [0.2, 0.25) is 4.34 Å². The number of carbonyl (C=O) groups is 5. The number of hydrogen-bond acceptors (Lipinski definition) is 6. The first-order valence-corrected chi connectivity index (χ1v) is 16.6. The molecule has 0 saturated heterocycles. The van der Waals surface area contributed by atoms with Gasteiger partial charge in [-0.2, -0.15) is 0 Å². The smallest absolute Gasteiger partial charge is 0.336 e. The third-order valence-corrected chi connectivity index (χ3v) is 9.22. The summed E-state index contributed by atoms with van der Waals surface area (Å²) in [4.78, 5) is 51.2. The fourth-order valence-electron chi connectivity index (χ4n) is 5.13. The van der Waals surface area contributed by atoms with Gasteiger partial charge in [0.2, 0.25) is 0 Å². The Hall–Kier alpha value is -2.66. The Balaban J connectivity index is 0.000000270. The number of thiophene rings is 1. The molecule has 0 aliphatic heterocycles. The van der Waals surface area contributed by atoms with Gasteiger partial charge in [-0.1, -0.05) is 75.8 Å². The molecule has 0 radical (unpaired) electrons. The van der Waals surface area contributed by atoms with Crippen LogP contribution in [0.5, 0.6) is 0 Å². The molecule has 5 N–H and O–H groups in total. The molecule has 1 aromatic rings. The number of carboxylic acid groups (broad SMARTS) is 5. The Morgan fingerprint density at radius 1 is 0.512 bits per heavy atom. The van der Waals surface area contributed by atoms with Crippen LogP contribution in [0.25, 0.3) is 0 Å². The highest BCUT2D eigenvalue weighted by Crippen LogP contribution is 2.26. The van der Waals surface area contributed by atoms with Gasteiger partial charge in [-0.05, 0) is 57.4 Å². The quantitative estimate of drug-likeness (QED) is 0.197. The summed E-state index contributed by atoms with van der Waals surface area (Å²) >= 11 is 6.68. The minimum absolute atomic E-state index is 0.000000000000000444. The lowest BCUT2D eigenvalue weighted by Crippen LogP contribution is -2.20. The van der Waals surface area contributed by atoms with Crippen LogP contribution in [0.3, 0.4) is 0 Å². The molecule has 4 saturated carbocycles. The van der Waals surface area contributed by atoms with Gasteiger partial charge >= 0.3 is 29.8 Å². The van der Waals surface area contributed by atoms with Crippen LogP contribution in [0, 0.1) is 23.7 Å². The Labute approximate surface area is 262 Å². The van der Waals surface area contributed by atoms with Crippen LogP contribution in [0.15, 0.2) is 11.4 Å². The van der Waals surface area contributed by atoms with Crippen LogP contribution in [-0.2, 0) is 19.2 Å². The number of hydrogen-bond donors (Lipinski definition) is 5. The van der Waals surface area contributed by atoms with E-state index in [1.54, 1.807) is 0 Å². The number of carboxylic acids is 5.